The first-order valence-electron chi connectivity index (χ1n) is 7.47. The highest BCUT2D eigenvalue weighted by Gasteiger charge is 2.11. The molecule has 0 aliphatic rings. The summed E-state index contributed by atoms with van der Waals surface area (Å²) in [5.41, 5.74) is 2.94. The van der Waals surface area contributed by atoms with E-state index in [0.29, 0.717) is 6.42 Å². The van der Waals surface area contributed by atoms with Gasteiger partial charge in [0.25, 0.3) is 0 Å². The molecule has 0 bridgehead atoms. The number of carbonyl (C=O) groups excluding carboxylic acids is 1. The van der Waals surface area contributed by atoms with Crippen molar-refractivity contribution in [3.63, 3.8) is 0 Å². The molecule has 0 radical (unpaired) electrons. The van der Waals surface area contributed by atoms with E-state index in [1.807, 2.05) is 43.5 Å². The van der Waals surface area contributed by atoms with E-state index in [4.69, 9.17) is 0 Å². The lowest BCUT2D eigenvalue weighted by atomic mass is 10.0. The number of hydrogen-bond acceptors (Lipinski definition) is 4. The van der Waals surface area contributed by atoms with E-state index in [0.717, 1.165) is 34.7 Å². The van der Waals surface area contributed by atoms with Gasteiger partial charge in [0.15, 0.2) is 0 Å². The molecule has 1 amide bonds. The number of carbonyl (C=O) groups is 1. The van der Waals surface area contributed by atoms with E-state index in [2.05, 4.69) is 10.3 Å². The SMILES string of the molecule is Cc1nc(CCCC(=O)NCC(O)c2ccccc2C)cs1. The second kappa shape index (κ2) is 8.06. The largest absolute Gasteiger partial charge is 0.387 e. The Hall–Kier alpha value is -1.72. The van der Waals surface area contributed by atoms with E-state index in [9.17, 15) is 9.90 Å². The van der Waals surface area contributed by atoms with Crippen molar-refractivity contribution in [2.45, 2.75) is 39.2 Å². The van der Waals surface area contributed by atoms with E-state index in [-0.39, 0.29) is 12.5 Å². The van der Waals surface area contributed by atoms with Crippen molar-refractivity contribution in [3.8, 4) is 0 Å². The van der Waals surface area contributed by atoms with Crippen LogP contribution in [0.15, 0.2) is 29.6 Å². The van der Waals surface area contributed by atoms with E-state index in [1.54, 1.807) is 11.3 Å². The Balaban J connectivity index is 1.70. The summed E-state index contributed by atoms with van der Waals surface area (Å²) in [5.74, 6) is -0.0282. The summed E-state index contributed by atoms with van der Waals surface area (Å²) >= 11 is 1.63. The van der Waals surface area contributed by atoms with Crippen molar-refractivity contribution >= 4 is 17.2 Å². The van der Waals surface area contributed by atoms with Crippen LogP contribution >= 0.6 is 11.3 Å². The Labute approximate surface area is 135 Å². The number of nitrogens with one attached hydrogen (secondary N) is 1. The zero-order valence-electron chi connectivity index (χ0n) is 13.0. The molecule has 1 aromatic heterocycles. The van der Waals surface area contributed by atoms with E-state index >= 15 is 0 Å². The lowest BCUT2D eigenvalue weighted by Gasteiger charge is -2.14. The molecule has 0 aliphatic carbocycles. The molecule has 0 spiro atoms. The highest BCUT2D eigenvalue weighted by molar-refractivity contribution is 7.09. The van der Waals surface area contributed by atoms with Gasteiger partial charge >= 0.3 is 0 Å². The second-order valence-electron chi connectivity index (χ2n) is 5.39. The predicted molar refractivity (Wildman–Crippen MR) is 88.9 cm³/mol. The minimum absolute atomic E-state index is 0.0282. The number of aliphatic hydroxyl groups is 1. The van der Waals surface area contributed by atoms with Crippen molar-refractivity contribution in [2.24, 2.45) is 0 Å². The smallest absolute Gasteiger partial charge is 0.220 e. The third-order valence-electron chi connectivity index (χ3n) is 3.54. The van der Waals surface area contributed by atoms with Crippen LogP contribution < -0.4 is 5.32 Å². The van der Waals surface area contributed by atoms with Gasteiger partial charge in [-0.2, -0.15) is 0 Å². The molecule has 2 N–H and O–H groups in total. The van der Waals surface area contributed by atoms with Gasteiger partial charge < -0.3 is 10.4 Å². The van der Waals surface area contributed by atoms with Gasteiger partial charge in [-0.25, -0.2) is 4.98 Å². The topological polar surface area (TPSA) is 62.2 Å². The van der Waals surface area contributed by atoms with Gasteiger partial charge in [-0.15, -0.1) is 11.3 Å². The Morgan fingerprint density at radius 3 is 2.82 bits per heavy atom. The summed E-state index contributed by atoms with van der Waals surface area (Å²) in [6.07, 6.45) is 1.39. The highest BCUT2D eigenvalue weighted by Crippen LogP contribution is 2.16. The Bertz CT molecular complexity index is 625. The number of rotatable bonds is 7. The normalized spacial score (nSPS) is 12.1. The number of hydrogen-bond donors (Lipinski definition) is 2. The van der Waals surface area contributed by atoms with Crippen LogP contribution in [0.25, 0.3) is 0 Å². The van der Waals surface area contributed by atoms with Crippen molar-refractivity contribution < 1.29 is 9.90 Å². The molecule has 5 heteroatoms. The van der Waals surface area contributed by atoms with Crippen LogP contribution in [0.5, 0.6) is 0 Å². The molecular formula is C17H22N2O2S. The molecule has 4 nitrogen and oxygen atoms in total. The average molecular weight is 318 g/mol. The average Bonchev–Trinajstić information content (AvgIpc) is 2.91. The molecule has 0 aliphatic heterocycles. The van der Waals surface area contributed by atoms with Crippen molar-refractivity contribution in [1.82, 2.24) is 10.3 Å². The Morgan fingerprint density at radius 2 is 2.14 bits per heavy atom. The third kappa shape index (κ3) is 4.93. The first-order valence-corrected chi connectivity index (χ1v) is 8.35. The van der Waals surface area contributed by atoms with Crippen molar-refractivity contribution in [1.29, 1.82) is 0 Å². The van der Waals surface area contributed by atoms with Gasteiger partial charge in [0.05, 0.1) is 16.8 Å². The maximum atomic E-state index is 11.8. The van der Waals surface area contributed by atoms with Crippen LogP contribution in [0.4, 0.5) is 0 Å². The molecule has 1 unspecified atom stereocenters. The van der Waals surface area contributed by atoms with E-state index < -0.39 is 6.10 Å². The zero-order chi connectivity index (χ0) is 15.9. The molecule has 1 atom stereocenters. The fraction of sp³-hybridized carbons (Fsp3) is 0.412. The van der Waals surface area contributed by atoms with Crippen molar-refractivity contribution in [2.75, 3.05) is 6.54 Å². The van der Waals surface area contributed by atoms with Crippen LogP contribution in [-0.4, -0.2) is 22.5 Å². The van der Waals surface area contributed by atoms with Crippen LogP contribution in [0.1, 0.15) is 40.8 Å². The number of nitrogens with zero attached hydrogens (tertiary/aromatic N) is 1. The van der Waals surface area contributed by atoms with Gasteiger partial charge in [0.2, 0.25) is 5.91 Å². The summed E-state index contributed by atoms with van der Waals surface area (Å²) < 4.78 is 0. The van der Waals surface area contributed by atoms with Crippen LogP contribution in [0.3, 0.4) is 0 Å². The number of aromatic nitrogens is 1. The molecular weight excluding hydrogens is 296 g/mol. The molecule has 2 aromatic rings. The number of amides is 1. The van der Waals surface area contributed by atoms with Crippen LogP contribution in [0.2, 0.25) is 0 Å². The molecule has 1 aromatic carbocycles. The highest BCUT2D eigenvalue weighted by atomic mass is 32.1. The van der Waals surface area contributed by atoms with Gasteiger partial charge in [-0.1, -0.05) is 24.3 Å². The Kier molecular flexibility index (Phi) is 6.10. The lowest BCUT2D eigenvalue weighted by molar-refractivity contribution is -0.121. The predicted octanol–water partition coefficient (Wildman–Crippen LogP) is 2.93. The lowest BCUT2D eigenvalue weighted by Crippen LogP contribution is -2.28. The molecule has 2 rings (SSSR count). The van der Waals surface area contributed by atoms with Gasteiger partial charge in [-0.05, 0) is 37.8 Å². The molecule has 0 saturated carbocycles. The second-order valence-corrected chi connectivity index (χ2v) is 6.45. The molecule has 1 heterocycles. The maximum absolute atomic E-state index is 11.8. The number of aryl methyl sites for hydroxylation is 3. The monoisotopic (exact) mass is 318 g/mol. The van der Waals surface area contributed by atoms with Gasteiger partial charge in [-0.3, -0.25) is 4.79 Å². The van der Waals surface area contributed by atoms with E-state index in [1.165, 1.54) is 0 Å². The maximum Gasteiger partial charge on any atom is 0.220 e. The van der Waals surface area contributed by atoms with Gasteiger partial charge in [0, 0.05) is 18.3 Å². The minimum Gasteiger partial charge on any atom is -0.387 e. The Morgan fingerprint density at radius 1 is 1.36 bits per heavy atom. The zero-order valence-corrected chi connectivity index (χ0v) is 13.8. The first-order chi connectivity index (χ1) is 10.6. The van der Waals surface area contributed by atoms with Crippen LogP contribution in [0, 0.1) is 13.8 Å². The summed E-state index contributed by atoms with van der Waals surface area (Å²) in [4.78, 5) is 16.2. The minimum atomic E-state index is -0.661. The molecule has 0 saturated heterocycles. The van der Waals surface area contributed by atoms with Gasteiger partial charge in [0.1, 0.15) is 0 Å². The summed E-state index contributed by atoms with van der Waals surface area (Å²) in [6, 6.07) is 7.67. The third-order valence-corrected chi connectivity index (χ3v) is 4.37. The number of aliphatic hydroxyl groups excluding tert-OH is 1. The summed E-state index contributed by atoms with van der Waals surface area (Å²) in [6.45, 7) is 4.18. The quantitative estimate of drug-likeness (QED) is 0.825. The fourth-order valence-corrected chi connectivity index (χ4v) is 2.97. The molecule has 0 fully saturated rings. The number of thiazole rings is 1. The fourth-order valence-electron chi connectivity index (χ4n) is 2.32. The first kappa shape index (κ1) is 16.6. The summed E-state index contributed by atoms with van der Waals surface area (Å²) in [5, 5.41) is 16.0. The number of benzene rings is 1. The summed E-state index contributed by atoms with van der Waals surface area (Å²) in [7, 11) is 0. The standard InChI is InChI=1S/C17H22N2O2S/c1-12-6-3-4-8-15(12)16(20)10-18-17(21)9-5-7-14-11-22-13(2)19-14/h3-4,6,8,11,16,20H,5,7,9-10H2,1-2H3,(H,18,21). The molecule has 118 valence electrons. The molecule has 22 heavy (non-hydrogen) atoms. The van der Waals surface area contributed by atoms with Crippen molar-refractivity contribution in [3.05, 3.63) is 51.5 Å². The van der Waals surface area contributed by atoms with Crippen LogP contribution in [-0.2, 0) is 11.2 Å².